The minimum atomic E-state index is -0.449. The minimum absolute atomic E-state index is 0.0760. The zero-order chi connectivity index (χ0) is 14.1. The minimum Gasteiger partial charge on any atom is -0.444 e. The number of nitrogens with zero attached hydrogens (tertiary/aromatic N) is 1. The van der Waals surface area contributed by atoms with Crippen LogP contribution in [0.3, 0.4) is 0 Å². The largest absolute Gasteiger partial charge is 0.444 e. The third kappa shape index (κ3) is 3.20. The maximum Gasteiger partial charge on any atom is 0.410 e. The Kier molecular flexibility index (Phi) is 4.06. The molecule has 0 aromatic rings. The SMILES string of the molecule is CC(C)(C)OC(=O)N1CCC(CN)(C2CCCO2)C1. The van der Waals surface area contributed by atoms with E-state index < -0.39 is 5.60 Å². The molecule has 0 spiro atoms. The standard InChI is InChI=1S/C14H26N2O3/c1-13(2,3)19-12(17)16-7-6-14(9-15,10-16)11-5-4-8-18-11/h11H,4-10,15H2,1-3H3. The van der Waals surface area contributed by atoms with Crippen LogP contribution in [0, 0.1) is 5.41 Å². The molecule has 2 unspecified atom stereocenters. The lowest BCUT2D eigenvalue weighted by Gasteiger charge is -2.33. The summed E-state index contributed by atoms with van der Waals surface area (Å²) in [6.07, 6.45) is 3.02. The highest BCUT2D eigenvalue weighted by Crippen LogP contribution is 2.39. The van der Waals surface area contributed by atoms with Crippen molar-refractivity contribution in [3.63, 3.8) is 0 Å². The van der Waals surface area contributed by atoms with E-state index in [1.54, 1.807) is 4.90 Å². The highest BCUT2D eigenvalue weighted by Gasteiger charge is 2.47. The molecule has 5 nitrogen and oxygen atoms in total. The summed E-state index contributed by atoms with van der Waals surface area (Å²) in [6, 6.07) is 0. The zero-order valence-electron chi connectivity index (χ0n) is 12.3. The van der Waals surface area contributed by atoms with E-state index in [1.165, 1.54) is 0 Å². The highest BCUT2D eigenvalue weighted by molar-refractivity contribution is 5.68. The van der Waals surface area contributed by atoms with E-state index in [9.17, 15) is 4.79 Å². The van der Waals surface area contributed by atoms with Crippen LogP contribution in [0.15, 0.2) is 0 Å². The number of rotatable bonds is 2. The van der Waals surface area contributed by atoms with E-state index in [-0.39, 0.29) is 17.6 Å². The molecule has 0 aliphatic carbocycles. The average molecular weight is 270 g/mol. The molecule has 0 aromatic heterocycles. The van der Waals surface area contributed by atoms with Crippen molar-refractivity contribution in [2.45, 2.75) is 51.7 Å². The number of ether oxygens (including phenoxy) is 2. The van der Waals surface area contributed by atoms with Gasteiger partial charge < -0.3 is 20.1 Å². The van der Waals surface area contributed by atoms with E-state index in [0.717, 1.165) is 25.9 Å². The Bertz CT molecular complexity index is 334. The van der Waals surface area contributed by atoms with Gasteiger partial charge in [0, 0.05) is 31.7 Å². The number of carbonyl (C=O) groups is 1. The predicted molar refractivity (Wildman–Crippen MR) is 72.9 cm³/mol. The fraction of sp³-hybridized carbons (Fsp3) is 0.929. The van der Waals surface area contributed by atoms with Crippen LogP contribution in [-0.4, -0.2) is 48.9 Å². The van der Waals surface area contributed by atoms with Crippen LogP contribution < -0.4 is 5.73 Å². The van der Waals surface area contributed by atoms with Crippen LogP contribution >= 0.6 is 0 Å². The van der Waals surface area contributed by atoms with Crippen molar-refractivity contribution in [1.82, 2.24) is 4.90 Å². The first-order chi connectivity index (χ1) is 8.86. The summed E-state index contributed by atoms with van der Waals surface area (Å²) in [6.45, 7) is 8.41. The van der Waals surface area contributed by atoms with Gasteiger partial charge in [0.05, 0.1) is 6.10 Å². The Labute approximate surface area is 115 Å². The summed E-state index contributed by atoms with van der Waals surface area (Å²) in [5.74, 6) is 0. The molecule has 2 fully saturated rings. The number of hydrogen-bond donors (Lipinski definition) is 1. The molecule has 2 aliphatic rings. The van der Waals surface area contributed by atoms with Crippen LogP contribution in [0.2, 0.25) is 0 Å². The molecule has 19 heavy (non-hydrogen) atoms. The Morgan fingerprint density at radius 2 is 2.26 bits per heavy atom. The first-order valence-electron chi connectivity index (χ1n) is 7.16. The van der Waals surface area contributed by atoms with Gasteiger partial charge in [0.15, 0.2) is 0 Å². The van der Waals surface area contributed by atoms with Crippen molar-refractivity contribution < 1.29 is 14.3 Å². The Morgan fingerprint density at radius 3 is 2.79 bits per heavy atom. The smallest absolute Gasteiger partial charge is 0.410 e. The summed E-state index contributed by atoms with van der Waals surface area (Å²) >= 11 is 0. The van der Waals surface area contributed by atoms with Gasteiger partial charge in [-0.05, 0) is 40.0 Å². The first-order valence-corrected chi connectivity index (χ1v) is 7.16. The van der Waals surface area contributed by atoms with Crippen molar-refractivity contribution in [3.05, 3.63) is 0 Å². The lowest BCUT2D eigenvalue weighted by molar-refractivity contribution is 0.000798. The molecule has 110 valence electrons. The molecular weight excluding hydrogens is 244 g/mol. The van der Waals surface area contributed by atoms with Crippen LogP contribution in [0.5, 0.6) is 0 Å². The van der Waals surface area contributed by atoms with Gasteiger partial charge in [0.25, 0.3) is 0 Å². The van der Waals surface area contributed by atoms with Gasteiger partial charge >= 0.3 is 6.09 Å². The Balaban J connectivity index is 1.99. The second kappa shape index (κ2) is 5.29. The molecular formula is C14H26N2O3. The fourth-order valence-corrected chi connectivity index (χ4v) is 3.00. The maximum atomic E-state index is 12.1. The molecule has 2 heterocycles. The number of carbonyl (C=O) groups excluding carboxylic acids is 1. The van der Waals surface area contributed by atoms with E-state index >= 15 is 0 Å². The molecule has 0 bridgehead atoms. The van der Waals surface area contributed by atoms with Crippen molar-refractivity contribution in [3.8, 4) is 0 Å². The summed E-state index contributed by atoms with van der Waals surface area (Å²) in [5.41, 5.74) is 5.45. The quantitative estimate of drug-likeness (QED) is 0.830. The molecule has 2 N–H and O–H groups in total. The second-order valence-electron chi connectivity index (χ2n) is 6.72. The lowest BCUT2D eigenvalue weighted by atomic mass is 9.80. The monoisotopic (exact) mass is 270 g/mol. The molecule has 0 radical (unpaired) electrons. The molecule has 0 aromatic carbocycles. The lowest BCUT2D eigenvalue weighted by Crippen LogP contribution is -2.45. The summed E-state index contributed by atoms with van der Waals surface area (Å²) in [7, 11) is 0. The first kappa shape index (κ1) is 14.6. The Hall–Kier alpha value is -0.810. The van der Waals surface area contributed by atoms with Crippen molar-refractivity contribution in [1.29, 1.82) is 0 Å². The van der Waals surface area contributed by atoms with Gasteiger partial charge in [-0.15, -0.1) is 0 Å². The van der Waals surface area contributed by atoms with Gasteiger partial charge in [-0.25, -0.2) is 4.79 Å². The molecule has 2 saturated heterocycles. The molecule has 0 saturated carbocycles. The summed E-state index contributed by atoms with van der Waals surface area (Å²) < 4.78 is 11.2. The van der Waals surface area contributed by atoms with Gasteiger partial charge in [-0.2, -0.15) is 0 Å². The van der Waals surface area contributed by atoms with Crippen molar-refractivity contribution in [2.24, 2.45) is 11.1 Å². The van der Waals surface area contributed by atoms with Gasteiger partial charge in [-0.1, -0.05) is 0 Å². The number of hydrogen-bond acceptors (Lipinski definition) is 4. The number of likely N-dealkylation sites (tertiary alicyclic amines) is 1. The number of amides is 1. The molecule has 2 aliphatic heterocycles. The van der Waals surface area contributed by atoms with Crippen molar-refractivity contribution in [2.75, 3.05) is 26.2 Å². The Morgan fingerprint density at radius 1 is 1.53 bits per heavy atom. The van der Waals surface area contributed by atoms with E-state index in [2.05, 4.69) is 0 Å². The summed E-state index contributed by atoms with van der Waals surface area (Å²) in [4.78, 5) is 13.9. The van der Waals surface area contributed by atoms with E-state index in [1.807, 2.05) is 20.8 Å². The summed E-state index contributed by atoms with van der Waals surface area (Å²) in [5, 5.41) is 0. The van der Waals surface area contributed by atoms with Gasteiger partial charge in [0.2, 0.25) is 0 Å². The fourth-order valence-electron chi connectivity index (χ4n) is 3.00. The predicted octanol–water partition coefficient (Wildman–Crippen LogP) is 1.75. The van der Waals surface area contributed by atoms with E-state index in [4.69, 9.17) is 15.2 Å². The average Bonchev–Trinajstić information content (AvgIpc) is 2.97. The second-order valence-corrected chi connectivity index (χ2v) is 6.72. The van der Waals surface area contributed by atoms with Crippen LogP contribution in [0.1, 0.15) is 40.0 Å². The normalized spacial score (nSPS) is 31.8. The molecule has 5 heteroatoms. The topological polar surface area (TPSA) is 64.8 Å². The van der Waals surface area contributed by atoms with Crippen LogP contribution in [-0.2, 0) is 9.47 Å². The van der Waals surface area contributed by atoms with Crippen LogP contribution in [0.4, 0.5) is 4.79 Å². The van der Waals surface area contributed by atoms with Crippen molar-refractivity contribution >= 4 is 6.09 Å². The third-order valence-corrected chi connectivity index (χ3v) is 4.06. The van der Waals surface area contributed by atoms with Gasteiger partial charge in [-0.3, -0.25) is 0 Å². The third-order valence-electron chi connectivity index (χ3n) is 4.06. The maximum absolute atomic E-state index is 12.1. The van der Waals surface area contributed by atoms with E-state index in [0.29, 0.717) is 19.6 Å². The van der Waals surface area contributed by atoms with Gasteiger partial charge in [0.1, 0.15) is 5.60 Å². The molecule has 2 atom stereocenters. The van der Waals surface area contributed by atoms with Crippen LogP contribution in [0.25, 0.3) is 0 Å². The highest BCUT2D eigenvalue weighted by atomic mass is 16.6. The zero-order valence-corrected chi connectivity index (χ0v) is 12.3. The molecule has 2 rings (SSSR count). The molecule has 1 amide bonds. The number of nitrogens with two attached hydrogens (primary N) is 1.